The Labute approximate surface area is 138 Å². The van der Waals surface area contributed by atoms with Crippen LogP contribution in [0.2, 0.25) is 0 Å². The maximum Gasteiger partial charge on any atom is 0.249 e. The summed E-state index contributed by atoms with van der Waals surface area (Å²) in [7, 11) is 0. The van der Waals surface area contributed by atoms with Gasteiger partial charge >= 0.3 is 0 Å². The predicted octanol–water partition coefficient (Wildman–Crippen LogP) is 0.262. The maximum absolute atomic E-state index is 12.3. The molecule has 7 heteroatoms. The second kappa shape index (κ2) is 5.56. The molecule has 0 radical (unpaired) electrons. The molecule has 2 fully saturated rings. The Hall–Kier alpha value is -2.02. The molecule has 6 nitrogen and oxygen atoms in total. The van der Waals surface area contributed by atoms with Crippen molar-refractivity contribution < 1.29 is 14.4 Å². The molecule has 122 valence electrons. The summed E-state index contributed by atoms with van der Waals surface area (Å²) < 4.78 is -0.453. The number of benzene rings is 1. The van der Waals surface area contributed by atoms with Gasteiger partial charge in [0.2, 0.25) is 17.7 Å². The highest BCUT2D eigenvalue weighted by Gasteiger charge is 2.63. The Kier molecular flexibility index (Phi) is 3.83. The lowest BCUT2D eigenvalue weighted by molar-refractivity contribution is -0.154. The van der Waals surface area contributed by atoms with Gasteiger partial charge in [0.05, 0.1) is 6.42 Å². The summed E-state index contributed by atoms with van der Waals surface area (Å²) in [6, 6.07) is 8.13. The third-order valence-electron chi connectivity index (χ3n) is 4.23. The van der Waals surface area contributed by atoms with Crippen LogP contribution in [0.15, 0.2) is 30.3 Å². The SMILES string of the molecule is CC1(C)S[C@H]2[C@H](NC(=O)Cc3ccccc3)C(=O)N2[C@@H]1C(N)=O. The second-order valence-corrected chi connectivity index (χ2v) is 8.14. The van der Waals surface area contributed by atoms with Crippen LogP contribution >= 0.6 is 11.8 Å². The third kappa shape index (κ3) is 2.69. The van der Waals surface area contributed by atoms with Crippen molar-refractivity contribution in [3.8, 4) is 0 Å². The molecule has 2 aliphatic rings. The maximum atomic E-state index is 12.3. The number of carbonyl (C=O) groups excluding carboxylic acids is 3. The molecule has 1 aromatic rings. The first-order valence-electron chi connectivity index (χ1n) is 7.44. The van der Waals surface area contributed by atoms with Gasteiger partial charge in [-0.1, -0.05) is 30.3 Å². The fourth-order valence-electron chi connectivity index (χ4n) is 3.21. The summed E-state index contributed by atoms with van der Waals surface area (Å²) in [5, 5.41) is 2.55. The van der Waals surface area contributed by atoms with E-state index in [1.54, 1.807) is 0 Å². The monoisotopic (exact) mass is 333 g/mol. The smallest absolute Gasteiger partial charge is 0.249 e. The summed E-state index contributed by atoms with van der Waals surface area (Å²) >= 11 is 1.50. The first-order valence-corrected chi connectivity index (χ1v) is 8.32. The summed E-state index contributed by atoms with van der Waals surface area (Å²) in [5.41, 5.74) is 6.33. The van der Waals surface area contributed by atoms with Gasteiger partial charge in [-0.2, -0.15) is 0 Å². The first kappa shape index (κ1) is 15.9. The molecule has 0 spiro atoms. The molecule has 0 aromatic heterocycles. The first-order chi connectivity index (χ1) is 10.8. The summed E-state index contributed by atoms with van der Waals surface area (Å²) in [4.78, 5) is 37.6. The summed E-state index contributed by atoms with van der Waals surface area (Å²) in [6.07, 6.45) is 0.227. The van der Waals surface area contributed by atoms with Gasteiger partial charge in [0.1, 0.15) is 17.5 Å². The molecule has 2 aliphatic heterocycles. The molecule has 3 amide bonds. The molecule has 2 saturated heterocycles. The van der Waals surface area contributed by atoms with Crippen LogP contribution in [0.3, 0.4) is 0 Å². The number of primary amides is 1. The van der Waals surface area contributed by atoms with Crippen LogP contribution in [-0.2, 0) is 20.8 Å². The number of hydrogen-bond acceptors (Lipinski definition) is 4. The normalized spacial score (nSPS) is 28.0. The van der Waals surface area contributed by atoms with Crippen molar-refractivity contribution in [1.82, 2.24) is 10.2 Å². The lowest BCUT2D eigenvalue weighted by atomic mass is 9.95. The van der Waals surface area contributed by atoms with Crippen LogP contribution in [0.25, 0.3) is 0 Å². The molecular formula is C16H19N3O3S. The minimum absolute atomic E-state index is 0.199. The molecule has 0 saturated carbocycles. The summed E-state index contributed by atoms with van der Waals surface area (Å²) in [5.74, 6) is -0.944. The quantitative estimate of drug-likeness (QED) is 0.773. The molecule has 0 unspecified atom stereocenters. The Morgan fingerprint density at radius 3 is 2.57 bits per heavy atom. The van der Waals surface area contributed by atoms with Gasteiger partial charge in [-0.05, 0) is 19.4 Å². The van der Waals surface area contributed by atoms with Gasteiger partial charge in [0, 0.05) is 4.75 Å². The van der Waals surface area contributed by atoms with Crippen LogP contribution in [0.1, 0.15) is 19.4 Å². The molecule has 3 rings (SSSR count). The topological polar surface area (TPSA) is 92.5 Å². The fourth-order valence-corrected chi connectivity index (χ4v) is 4.86. The zero-order valence-corrected chi connectivity index (χ0v) is 13.8. The number of nitrogens with two attached hydrogens (primary N) is 1. The van der Waals surface area contributed by atoms with E-state index < -0.39 is 22.7 Å². The molecule has 2 heterocycles. The van der Waals surface area contributed by atoms with Crippen molar-refractivity contribution >= 4 is 29.5 Å². The van der Waals surface area contributed by atoms with E-state index in [4.69, 9.17) is 5.73 Å². The third-order valence-corrected chi connectivity index (χ3v) is 5.81. The molecular weight excluding hydrogens is 314 g/mol. The minimum atomic E-state index is -0.632. The van der Waals surface area contributed by atoms with Gasteiger partial charge in [0.25, 0.3) is 0 Å². The minimum Gasteiger partial charge on any atom is -0.368 e. The summed E-state index contributed by atoms with van der Waals surface area (Å²) in [6.45, 7) is 3.78. The Morgan fingerprint density at radius 1 is 1.30 bits per heavy atom. The van der Waals surface area contributed by atoms with Crippen molar-refractivity contribution in [1.29, 1.82) is 0 Å². The van der Waals surface area contributed by atoms with E-state index in [-0.39, 0.29) is 23.6 Å². The number of nitrogens with zero attached hydrogens (tertiary/aromatic N) is 1. The zero-order chi connectivity index (χ0) is 16.8. The molecule has 23 heavy (non-hydrogen) atoms. The highest BCUT2D eigenvalue weighted by Crippen LogP contribution is 2.50. The fraction of sp³-hybridized carbons (Fsp3) is 0.438. The average Bonchev–Trinajstić information content (AvgIpc) is 2.74. The standard InChI is InChI=1S/C16H19N3O3S/c1-16(2)12(13(17)21)19-14(22)11(15(19)23-16)18-10(20)8-9-6-4-3-5-7-9/h3-7,11-12,15H,8H2,1-2H3,(H2,17,21)(H,18,20)/t11-,12-,15+/m1/s1. The number of β-lactam (4-membered cyclic amide) rings is 1. The van der Waals surface area contributed by atoms with Crippen LogP contribution in [0.5, 0.6) is 0 Å². The van der Waals surface area contributed by atoms with Crippen LogP contribution in [-0.4, -0.2) is 44.8 Å². The number of amides is 3. The van der Waals surface area contributed by atoms with Crippen molar-refractivity contribution in [2.24, 2.45) is 5.73 Å². The highest BCUT2D eigenvalue weighted by atomic mass is 32.2. The number of fused-ring (bicyclic) bond motifs is 1. The second-order valence-electron chi connectivity index (χ2n) is 6.37. The molecule has 0 aliphatic carbocycles. The Morgan fingerprint density at radius 2 is 1.96 bits per heavy atom. The Balaban J connectivity index is 1.66. The van der Waals surface area contributed by atoms with Crippen molar-refractivity contribution in [3.63, 3.8) is 0 Å². The number of thioether (sulfide) groups is 1. The van der Waals surface area contributed by atoms with Crippen molar-refractivity contribution in [3.05, 3.63) is 35.9 Å². The van der Waals surface area contributed by atoms with E-state index in [1.807, 2.05) is 44.2 Å². The van der Waals surface area contributed by atoms with Crippen LogP contribution in [0.4, 0.5) is 0 Å². The highest BCUT2D eigenvalue weighted by molar-refractivity contribution is 8.01. The van der Waals surface area contributed by atoms with Crippen molar-refractivity contribution in [2.75, 3.05) is 0 Å². The number of rotatable bonds is 4. The van der Waals surface area contributed by atoms with Gasteiger partial charge in [-0.15, -0.1) is 11.8 Å². The van der Waals surface area contributed by atoms with E-state index in [2.05, 4.69) is 5.32 Å². The van der Waals surface area contributed by atoms with Crippen LogP contribution < -0.4 is 11.1 Å². The van der Waals surface area contributed by atoms with E-state index >= 15 is 0 Å². The number of carbonyl (C=O) groups is 3. The number of hydrogen-bond donors (Lipinski definition) is 2. The molecule has 3 atom stereocenters. The van der Waals surface area contributed by atoms with Gasteiger partial charge < -0.3 is 16.0 Å². The van der Waals surface area contributed by atoms with E-state index in [0.717, 1.165) is 5.56 Å². The predicted molar refractivity (Wildman–Crippen MR) is 87.4 cm³/mol. The van der Waals surface area contributed by atoms with Gasteiger partial charge in [0.15, 0.2) is 0 Å². The van der Waals surface area contributed by atoms with Crippen molar-refractivity contribution in [2.45, 2.75) is 42.5 Å². The molecule has 0 bridgehead atoms. The molecule has 3 N–H and O–H groups in total. The lowest BCUT2D eigenvalue weighted by Crippen LogP contribution is -2.71. The Bertz CT molecular complexity index is 662. The van der Waals surface area contributed by atoms with E-state index in [9.17, 15) is 14.4 Å². The average molecular weight is 333 g/mol. The van der Waals surface area contributed by atoms with Crippen LogP contribution in [0, 0.1) is 0 Å². The van der Waals surface area contributed by atoms with E-state index in [0.29, 0.717) is 0 Å². The lowest BCUT2D eigenvalue weighted by Gasteiger charge is -2.43. The van der Waals surface area contributed by atoms with E-state index in [1.165, 1.54) is 16.7 Å². The van der Waals surface area contributed by atoms with Gasteiger partial charge in [-0.3, -0.25) is 14.4 Å². The molecule has 1 aromatic carbocycles. The van der Waals surface area contributed by atoms with Gasteiger partial charge in [-0.25, -0.2) is 0 Å². The number of nitrogens with one attached hydrogen (secondary N) is 1. The largest absolute Gasteiger partial charge is 0.368 e. The zero-order valence-electron chi connectivity index (χ0n) is 13.0.